The number of nitrogens with two attached hydrogens (primary N) is 1. The average molecular weight is 280 g/mol. The van der Waals surface area contributed by atoms with Crippen molar-refractivity contribution in [3.8, 4) is 0 Å². The molecule has 0 spiro atoms. The van der Waals surface area contributed by atoms with Gasteiger partial charge in [-0.1, -0.05) is 0 Å². The summed E-state index contributed by atoms with van der Waals surface area (Å²) in [5.41, 5.74) is 6.92. The molecule has 1 atom stereocenters. The monoisotopic (exact) mass is 280 g/mol. The highest BCUT2D eigenvalue weighted by atomic mass is 32.1. The molecule has 19 heavy (non-hydrogen) atoms. The standard InChI is InChI=1S/C12H16N4O2S/c1-7(3-6-18-2)16-11(17)10-8(13)9-12(19-10)15-5-4-14-9/h4-5,7H,3,6,13H2,1-2H3,(H,16,17). The molecule has 0 saturated heterocycles. The third kappa shape index (κ3) is 2.99. The van der Waals surface area contributed by atoms with E-state index in [1.54, 1.807) is 19.5 Å². The molecule has 0 bridgehead atoms. The number of carbonyl (C=O) groups excluding carboxylic acids is 1. The van der Waals surface area contributed by atoms with Crippen LogP contribution in [-0.2, 0) is 4.74 Å². The van der Waals surface area contributed by atoms with Gasteiger partial charge in [0.2, 0.25) is 0 Å². The van der Waals surface area contributed by atoms with Crippen LogP contribution in [0, 0.1) is 0 Å². The topological polar surface area (TPSA) is 90.1 Å². The molecule has 0 fully saturated rings. The molecule has 0 radical (unpaired) electrons. The minimum absolute atomic E-state index is 0.0259. The van der Waals surface area contributed by atoms with Crippen molar-refractivity contribution in [3.05, 3.63) is 17.3 Å². The van der Waals surface area contributed by atoms with Crippen molar-refractivity contribution in [2.45, 2.75) is 19.4 Å². The average Bonchev–Trinajstić information content (AvgIpc) is 2.74. The van der Waals surface area contributed by atoms with Gasteiger partial charge in [-0.05, 0) is 13.3 Å². The molecule has 1 unspecified atom stereocenters. The molecule has 0 aliphatic heterocycles. The van der Waals surface area contributed by atoms with E-state index in [0.717, 1.165) is 6.42 Å². The van der Waals surface area contributed by atoms with E-state index in [9.17, 15) is 4.79 Å². The number of amides is 1. The summed E-state index contributed by atoms with van der Waals surface area (Å²) in [5.74, 6) is -0.189. The smallest absolute Gasteiger partial charge is 0.263 e. The van der Waals surface area contributed by atoms with E-state index in [1.165, 1.54) is 11.3 Å². The molecule has 2 aromatic rings. The Balaban J connectivity index is 2.15. The second-order valence-corrected chi connectivity index (χ2v) is 5.21. The fourth-order valence-electron chi connectivity index (χ4n) is 1.67. The lowest BCUT2D eigenvalue weighted by atomic mass is 10.2. The second-order valence-electron chi connectivity index (χ2n) is 4.21. The summed E-state index contributed by atoms with van der Waals surface area (Å²) < 4.78 is 4.98. The van der Waals surface area contributed by atoms with Crippen LogP contribution in [0.4, 0.5) is 5.69 Å². The van der Waals surface area contributed by atoms with Crippen molar-refractivity contribution in [3.63, 3.8) is 0 Å². The van der Waals surface area contributed by atoms with Gasteiger partial charge in [-0.25, -0.2) is 9.97 Å². The summed E-state index contributed by atoms with van der Waals surface area (Å²) in [7, 11) is 1.63. The van der Waals surface area contributed by atoms with E-state index in [0.29, 0.717) is 27.5 Å². The van der Waals surface area contributed by atoms with Gasteiger partial charge < -0.3 is 15.8 Å². The van der Waals surface area contributed by atoms with Gasteiger partial charge in [0.1, 0.15) is 15.2 Å². The van der Waals surface area contributed by atoms with Crippen molar-refractivity contribution < 1.29 is 9.53 Å². The Bertz CT molecular complexity index is 584. The number of aromatic nitrogens is 2. The molecular weight excluding hydrogens is 264 g/mol. The minimum Gasteiger partial charge on any atom is -0.396 e. The Hall–Kier alpha value is -1.73. The van der Waals surface area contributed by atoms with Crippen LogP contribution in [-0.4, -0.2) is 35.6 Å². The van der Waals surface area contributed by atoms with E-state index in [4.69, 9.17) is 10.5 Å². The fraction of sp³-hybridized carbons (Fsp3) is 0.417. The highest BCUT2D eigenvalue weighted by molar-refractivity contribution is 7.21. The van der Waals surface area contributed by atoms with Gasteiger partial charge in [-0.3, -0.25) is 4.79 Å². The predicted octanol–water partition coefficient (Wildman–Crippen LogP) is 1.43. The minimum atomic E-state index is -0.189. The quantitative estimate of drug-likeness (QED) is 0.864. The van der Waals surface area contributed by atoms with Crippen molar-refractivity contribution >= 4 is 33.3 Å². The molecule has 3 N–H and O–H groups in total. The number of hydrogen-bond donors (Lipinski definition) is 2. The summed E-state index contributed by atoms with van der Waals surface area (Å²) in [4.78, 5) is 21.6. The molecule has 0 aliphatic rings. The Labute approximate surface area is 115 Å². The lowest BCUT2D eigenvalue weighted by Gasteiger charge is -2.12. The number of methoxy groups -OCH3 is 1. The van der Waals surface area contributed by atoms with E-state index >= 15 is 0 Å². The molecule has 102 valence electrons. The highest BCUT2D eigenvalue weighted by Crippen LogP contribution is 2.30. The summed E-state index contributed by atoms with van der Waals surface area (Å²) in [5, 5.41) is 2.89. The number of nitrogens with one attached hydrogen (secondary N) is 1. The first-order valence-corrected chi connectivity index (χ1v) is 6.74. The molecular formula is C12H16N4O2S. The molecule has 0 aliphatic carbocycles. The zero-order valence-electron chi connectivity index (χ0n) is 10.8. The van der Waals surface area contributed by atoms with Crippen molar-refractivity contribution in [2.75, 3.05) is 19.5 Å². The lowest BCUT2D eigenvalue weighted by molar-refractivity contribution is 0.0934. The largest absolute Gasteiger partial charge is 0.396 e. The third-order valence-electron chi connectivity index (χ3n) is 2.70. The van der Waals surface area contributed by atoms with E-state index in [1.807, 2.05) is 6.92 Å². The summed E-state index contributed by atoms with van der Waals surface area (Å²) >= 11 is 1.26. The fourth-order valence-corrected chi connectivity index (χ4v) is 2.59. The summed E-state index contributed by atoms with van der Waals surface area (Å²) in [6.07, 6.45) is 3.90. The van der Waals surface area contributed by atoms with Gasteiger partial charge in [0.05, 0.1) is 5.69 Å². The van der Waals surface area contributed by atoms with Gasteiger partial charge in [0.15, 0.2) is 0 Å². The number of nitrogen functional groups attached to an aromatic ring is 1. The van der Waals surface area contributed by atoms with Gasteiger partial charge in [0.25, 0.3) is 5.91 Å². The predicted molar refractivity (Wildman–Crippen MR) is 75.2 cm³/mol. The first-order valence-electron chi connectivity index (χ1n) is 5.92. The number of hydrogen-bond acceptors (Lipinski definition) is 6. The van der Waals surface area contributed by atoms with Crippen LogP contribution in [0.25, 0.3) is 10.3 Å². The first kappa shape index (κ1) is 13.7. The van der Waals surface area contributed by atoms with Crippen molar-refractivity contribution in [2.24, 2.45) is 0 Å². The molecule has 2 aromatic heterocycles. The van der Waals surface area contributed by atoms with Crippen LogP contribution in [0.2, 0.25) is 0 Å². The van der Waals surface area contributed by atoms with E-state index < -0.39 is 0 Å². The van der Waals surface area contributed by atoms with Crippen LogP contribution in [0.5, 0.6) is 0 Å². The summed E-state index contributed by atoms with van der Waals surface area (Å²) in [6, 6.07) is 0.0259. The number of ether oxygens (including phenoxy) is 1. The molecule has 7 heteroatoms. The van der Waals surface area contributed by atoms with Crippen LogP contribution < -0.4 is 11.1 Å². The Morgan fingerprint density at radius 1 is 1.53 bits per heavy atom. The number of rotatable bonds is 5. The normalized spacial score (nSPS) is 12.5. The SMILES string of the molecule is COCCC(C)NC(=O)c1sc2nccnc2c1N. The van der Waals surface area contributed by atoms with Crippen LogP contribution >= 0.6 is 11.3 Å². The van der Waals surface area contributed by atoms with E-state index in [2.05, 4.69) is 15.3 Å². The number of anilines is 1. The lowest BCUT2D eigenvalue weighted by Crippen LogP contribution is -2.33. The van der Waals surface area contributed by atoms with Gasteiger partial charge in [-0.15, -0.1) is 11.3 Å². The molecule has 0 saturated carbocycles. The third-order valence-corrected chi connectivity index (χ3v) is 3.80. The molecule has 0 aromatic carbocycles. The molecule has 2 rings (SSSR count). The van der Waals surface area contributed by atoms with Crippen LogP contribution in [0.15, 0.2) is 12.4 Å². The van der Waals surface area contributed by atoms with Gasteiger partial charge in [0, 0.05) is 32.2 Å². The number of thiophene rings is 1. The van der Waals surface area contributed by atoms with Crippen molar-refractivity contribution in [1.29, 1.82) is 0 Å². The number of carbonyl (C=O) groups is 1. The maximum absolute atomic E-state index is 12.1. The summed E-state index contributed by atoms with van der Waals surface area (Å²) in [6.45, 7) is 2.53. The Kier molecular flexibility index (Phi) is 4.28. The zero-order chi connectivity index (χ0) is 13.8. The second kappa shape index (κ2) is 5.94. The number of nitrogens with zero attached hydrogens (tertiary/aromatic N) is 2. The molecule has 1 amide bonds. The zero-order valence-corrected chi connectivity index (χ0v) is 11.7. The first-order chi connectivity index (χ1) is 9.13. The molecule has 2 heterocycles. The maximum Gasteiger partial charge on any atom is 0.263 e. The molecule has 6 nitrogen and oxygen atoms in total. The highest BCUT2D eigenvalue weighted by Gasteiger charge is 2.19. The maximum atomic E-state index is 12.1. The van der Waals surface area contributed by atoms with Crippen LogP contribution in [0.1, 0.15) is 23.0 Å². The van der Waals surface area contributed by atoms with Crippen LogP contribution in [0.3, 0.4) is 0 Å². The van der Waals surface area contributed by atoms with Crippen molar-refractivity contribution in [1.82, 2.24) is 15.3 Å². The Morgan fingerprint density at radius 3 is 2.95 bits per heavy atom. The number of fused-ring (bicyclic) bond motifs is 1. The van der Waals surface area contributed by atoms with E-state index in [-0.39, 0.29) is 11.9 Å². The van der Waals surface area contributed by atoms with Gasteiger partial charge in [-0.2, -0.15) is 0 Å². The van der Waals surface area contributed by atoms with Gasteiger partial charge >= 0.3 is 0 Å². The Morgan fingerprint density at radius 2 is 2.26 bits per heavy atom.